The average Bonchev–Trinajstić information content (AvgIpc) is 3.62. The van der Waals surface area contributed by atoms with Gasteiger partial charge in [-0.25, -0.2) is 0 Å². The zero-order valence-corrected chi connectivity index (χ0v) is 24.1. The zero-order chi connectivity index (χ0) is 26.2. The van der Waals surface area contributed by atoms with Crippen LogP contribution in [-0.2, 0) is 20.1 Å². The van der Waals surface area contributed by atoms with Gasteiger partial charge in [0, 0.05) is 42.4 Å². The van der Waals surface area contributed by atoms with E-state index < -0.39 is 0 Å². The van der Waals surface area contributed by atoms with Crippen molar-refractivity contribution >= 4 is 11.0 Å². The summed E-state index contributed by atoms with van der Waals surface area (Å²) in [6.45, 7) is 2.03. The maximum absolute atomic E-state index is 4.99. The summed E-state index contributed by atoms with van der Waals surface area (Å²) in [5.41, 5.74) is 9.16. The van der Waals surface area contributed by atoms with Gasteiger partial charge in [-0.3, -0.25) is 4.98 Å². The molecule has 0 aliphatic heterocycles. The number of benzene rings is 5. The Hall–Kier alpha value is -4.64. The molecule has 5 aromatic carbocycles. The molecule has 0 spiro atoms. The molecule has 0 fully saturated rings. The molecule has 0 saturated heterocycles. The summed E-state index contributed by atoms with van der Waals surface area (Å²) >= 11 is 0. The summed E-state index contributed by atoms with van der Waals surface area (Å²) < 4.78 is 4.24. The van der Waals surface area contributed by atoms with Crippen molar-refractivity contribution in [1.82, 2.24) is 24.3 Å². The summed E-state index contributed by atoms with van der Waals surface area (Å²) in [6.07, 6.45) is 1.79. The molecule has 2 aromatic heterocycles. The van der Waals surface area contributed by atoms with E-state index in [1.54, 1.807) is 6.33 Å². The van der Waals surface area contributed by atoms with Crippen molar-refractivity contribution in [2.45, 2.75) is 6.92 Å². The predicted molar refractivity (Wildman–Crippen MR) is 156 cm³/mol. The van der Waals surface area contributed by atoms with Crippen molar-refractivity contribution in [2.24, 2.45) is 0 Å². The summed E-state index contributed by atoms with van der Waals surface area (Å²) in [6, 6.07) is 45.0. The first-order chi connectivity index (χ1) is 19.3. The van der Waals surface area contributed by atoms with E-state index in [9.17, 15) is 0 Å². The van der Waals surface area contributed by atoms with Crippen LogP contribution in [0.25, 0.3) is 56.0 Å². The largest absolute Gasteiger partial charge is 0.321 e. The third kappa shape index (κ3) is 4.37. The molecular formula is C34H24IrN5-. The molecule has 40 heavy (non-hydrogen) atoms. The molecule has 0 saturated carbocycles. The van der Waals surface area contributed by atoms with Gasteiger partial charge in [0.1, 0.15) is 6.33 Å². The normalized spacial score (nSPS) is 10.9. The molecule has 0 aliphatic rings. The standard InChI is InChI=1S/C34H24N5.Ir/c1-24-36-32-30(21-12-22-31(32)39(24)27-17-9-4-10-18-27)34-37-35-23-38(34)33-28(25-13-5-2-6-14-25)19-11-20-29(33)26-15-7-3-8-16-26;/h2-20,22-23H,1H3;/q-1;. The van der Waals surface area contributed by atoms with Crippen LogP contribution in [0.5, 0.6) is 0 Å². The third-order valence-corrected chi connectivity index (χ3v) is 7.02. The monoisotopic (exact) mass is 695 g/mol. The van der Waals surface area contributed by atoms with Crippen LogP contribution in [0, 0.1) is 13.0 Å². The van der Waals surface area contributed by atoms with Gasteiger partial charge in [-0.05, 0) is 35.7 Å². The van der Waals surface area contributed by atoms with Gasteiger partial charge in [-0.1, -0.05) is 103 Å². The van der Waals surface area contributed by atoms with Gasteiger partial charge in [0.15, 0.2) is 0 Å². The van der Waals surface area contributed by atoms with Crippen molar-refractivity contribution in [3.63, 3.8) is 0 Å². The Morgan fingerprint density at radius 3 is 1.90 bits per heavy atom. The summed E-state index contributed by atoms with van der Waals surface area (Å²) in [7, 11) is 0. The van der Waals surface area contributed by atoms with Crippen molar-refractivity contribution in [3.05, 3.63) is 140 Å². The molecule has 1 radical (unpaired) electrons. The fraction of sp³-hybridized carbons (Fsp3) is 0.0294. The molecule has 195 valence electrons. The van der Waals surface area contributed by atoms with Crippen LogP contribution in [-0.4, -0.2) is 24.3 Å². The molecule has 2 heterocycles. The number of para-hydroxylation sites is 2. The number of hydrogen-bond acceptors (Lipinski definition) is 3. The molecule has 6 heteroatoms. The molecule has 0 unspecified atom stereocenters. The Kier molecular flexibility index (Phi) is 6.95. The van der Waals surface area contributed by atoms with Gasteiger partial charge >= 0.3 is 0 Å². The summed E-state index contributed by atoms with van der Waals surface area (Å²) in [5, 5.41) is 9.02. The smallest absolute Gasteiger partial charge is 0.115 e. The van der Waals surface area contributed by atoms with Crippen LogP contribution in [0.2, 0.25) is 0 Å². The molecule has 5 nitrogen and oxygen atoms in total. The number of nitrogens with zero attached hydrogens (tertiary/aromatic N) is 5. The van der Waals surface area contributed by atoms with Gasteiger partial charge in [0.25, 0.3) is 0 Å². The Labute approximate surface area is 246 Å². The van der Waals surface area contributed by atoms with E-state index in [1.807, 2.05) is 43.3 Å². The number of rotatable bonds is 5. The summed E-state index contributed by atoms with van der Waals surface area (Å²) in [4.78, 5) is 4.99. The maximum Gasteiger partial charge on any atom is 0.115 e. The van der Waals surface area contributed by atoms with Crippen LogP contribution in [0.1, 0.15) is 5.82 Å². The van der Waals surface area contributed by atoms with Crippen molar-refractivity contribution < 1.29 is 20.1 Å². The second-order valence-electron chi connectivity index (χ2n) is 9.37. The number of imidazole rings is 1. The van der Waals surface area contributed by atoms with Gasteiger partial charge in [0.2, 0.25) is 0 Å². The van der Waals surface area contributed by atoms with E-state index in [-0.39, 0.29) is 20.1 Å². The molecule has 0 N–H and O–H groups in total. The number of aryl methyl sites for hydroxylation is 1. The van der Waals surface area contributed by atoms with E-state index in [0.717, 1.165) is 56.0 Å². The molecule has 0 aliphatic carbocycles. The molecule has 7 aromatic rings. The van der Waals surface area contributed by atoms with Crippen LogP contribution in [0.15, 0.2) is 128 Å². The van der Waals surface area contributed by atoms with Crippen LogP contribution < -0.4 is 0 Å². The Morgan fingerprint density at radius 1 is 0.675 bits per heavy atom. The van der Waals surface area contributed by atoms with Crippen LogP contribution in [0.3, 0.4) is 0 Å². The van der Waals surface area contributed by atoms with Gasteiger partial charge in [0.05, 0.1) is 17.3 Å². The van der Waals surface area contributed by atoms with E-state index in [2.05, 4.69) is 110 Å². The van der Waals surface area contributed by atoms with Gasteiger partial charge < -0.3 is 9.13 Å². The van der Waals surface area contributed by atoms with Crippen molar-refractivity contribution in [1.29, 1.82) is 0 Å². The Bertz CT molecular complexity index is 1850. The van der Waals surface area contributed by atoms with Crippen LogP contribution >= 0.6 is 0 Å². The molecule has 0 bridgehead atoms. The second-order valence-corrected chi connectivity index (χ2v) is 9.37. The van der Waals surface area contributed by atoms with E-state index in [1.165, 1.54) is 0 Å². The SMILES string of the molecule is Cc1nc2c(-c3nncn3-c3c(-c4ccccc4)cccc3-c3ccccc3)[c-]ccc2n1-c1ccccc1.[Ir]. The molecular weight excluding hydrogens is 671 g/mol. The molecule has 7 rings (SSSR count). The van der Waals surface area contributed by atoms with E-state index >= 15 is 0 Å². The van der Waals surface area contributed by atoms with E-state index in [4.69, 9.17) is 4.98 Å². The minimum Gasteiger partial charge on any atom is -0.321 e. The van der Waals surface area contributed by atoms with Gasteiger partial charge in [-0.15, -0.1) is 23.3 Å². The third-order valence-electron chi connectivity index (χ3n) is 7.02. The number of fused-ring (bicyclic) bond motifs is 1. The first-order valence-electron chi connectivity index (χ1n) is 12.9. The second kappa shape index (κ2) is 10.9. The fourth-order valence-corrected chi connectivity index (χ4v) is 5.31. The average molecular weight is 695 g/mol. The quantitative estimate of drug-likeness (QED) is 0.174. The van der Waals surface area contributed by atoms with Gasteiger partial charge in [-0.2, -0.15) is 5.10 Å². The maximum atomic E-state index is 4.99. The van der Waals surface area contributed by atoms with Crippen molar-refractivity contribution in [2.75, 3.05) is 0 Å². The topological polar surface area (TPSA) is 48.5 Å². The van der Waals surface area contributed by atoms with Crippen LogP contribution in [0.4, 0.5) is 0 Å². The minimum absolute atomic E-state index is 0. The summed E-state index contributed by atoms with van der Waals surface area (Å²) in [5.74, 6) is 1.59. The zero-order valence-electron chi connectivity index (χ0n) is 21.7. The fourth-order valence-electron chi connectivity index (χ4n) is 5.31. The number of hydrogen-bond donors (Lipinski definition) is 0. The first-order valence-corrected chi connectivity index (χ1v) is 12.9. The molecule has 0 amide bonds. The van der Waals surface area contributed by atoms with E-state index in [0.29, 0.717) is 5.82 Å². The Balaban J connectivity index is 0.00000289. The Morgan fingerprint density at radius 2 is 1.27 bits per heavy atom. The predicted octanol–water partition coefficient (Wildman–Crippen LogP) is 7.71. The number of aromatic nitrogens is 5. The molecule has 0 atom stereocenters. The minimum atomic E-state index is 0. The first kappa shape index (κ1) is 25.6. The van der Waals surface area contributed by atoms with Crippen molar-refractivity contribution in [3.8, 4) is 45.0 Å².